The molecule has 0 spiro atoms. The molecule has 0 radical (unpaired) electrons. The van der Waals surface area contributed by atoms with Crippen LogP contribution in [0.25, 0.3) is 0 Å². The summed E-state index contributed by atoms with van der Waals surface area (Å²) in [5, 5.41) is 0. The Balaban J connectivity index is 1.86. The maximum Gasteiger partial charge on any atom is 0.115 e. The van der Waals surface area contributed by atoms with Gasteiger partial charge in [0, 0.05) is 23.9 Å². The molecule has 4 atom stereocenters. The van der Waals surface area contributed by atoms with Crippen molar-refractivity contribution in [1.29, 1.82) is 0 Å². The van der Waals surface area contributed by atoms with Crippen molar-refractivity contribution in [2.24, 2.45) is 5.92 Å². The van der Waals surface area contributed by atoms with Crippen molar-refractivity contribution >= 4 is 12.6 Å². The zero-order chi connectivity index (χ0) is 10.5. The molecule has 3 rings (SSSR count). The second-order valence-corrected chi connectivity index (χ2v) is 5.97. The fraction of sp³-hybridized carbons (Fsp3) is 1.00. The topological polar surface area (TPSA) is 3.24 Å². The summed E-state index contributed by atoms with van der Waals surface area (Å²) in [5.74, 6) is 1.69. The van der Waals surface area contributed by atoms with E-state index in [2.05, 4.69) is 17.5 Å². The number of nitrogens with zero attached hydrogens (tertiary/aromatic N) is 1. The lowest BCUT2D eigenvalue weighted by Gasteiger charge is -2.34. The molecule has 15 heavy (non-hydrogen) atoms. The van der Waals surface area contributed by atoms with E-state index in [0.717, 1.165) is 18.1 Å². The molecule has 2 aliphatic heterocycles. The first-order valence-electron chi connectivity index (χ1n) is 6.27. The third-order valence-electron chi connectivity index (χ3n) is 4.81. The average molecular weight is 229 g/mol. The molecule has 1 saturated carbocycles. The monoisotopic (exact) mass is 229 g/mol. The van der Waals surface area contributed by atoms with Gasteiger partial charge in [0.1, 0.15) is 6.17 Å². The lowest BCUT2D eigenvalue weighted by atomic mass is 9.82. The quantitative estimate of drug-likeness (QED) is 0.677. The minimum atomic E-state index is -0.597. The van der Waals surface area contributed by atoms with Crippen LogP contribution < -0.4 is 0 Å². The van der Waals surface area contributed by atoms with Gasteiger partial charge in [-0.3, -0.25) is 4.90 Å². The van der Waals surface area contributed by atoms with Crippen molar-refractivity contribution in [3.63, 3.8) is 0 Å². The first-order chi connectivity index (χ1) is 7.25. The van der Waals surface area contributed by atoms with Gasteiger partial charge in [-0.15, -0.1) is 0 Å². The molecule has 3 heteroatoms. The van der Waals surface area contributed by atoms with Gasteiger partial charge >= 0.3 is 0 Å². The zero-order valence-electron chi connectivity index (χ0n) is 9.16. The smallest absolute Gasteiger partial charge is 0.115 e. The molecular formula is C12H20FNS. The van der Waals surface area contributed by atoms with Crippen molar-refractivity contribution < 1.29 is 4.39 Å². The molecule has 86 valence electrons. The number of fused-ring (bicyclic) bond motifs is 3. The number of rotatable bonds is 1. The van der Waals surface area contributed by atoms with Crippen LogP contribution in [0.5, 0.6) is 0 Å². The molecule has 0 aromatic heterocycles. The molecule has 2 heterocycles. The van der Waals surface area contributed by atoms with Crippen molar-refractivity contribution in [3.8, 4) is 0 Å². The molecular weight excluding hydrogens is 209 g/mol. The Morgan fingerprint density at radius 2 is 2.07 bits per heavy atom. The number of thiol groups is 1. The highest BCUT2D eigenvalue weighted by molar-refractivity contribution is 7.80. The van der Waals surface area contributed by atoms with Crippen LogP contribution in [0.2, 0.25) is 0 Å². The predicted octanol–water partition coefficient (Wildman–Crippen LogP) is 2.66. The van der Waals surface area contributed by atoms with Crippen LogP contribution in [-0.2, 0) is 0 Å². The summed E-state index contributed by atoms with van der Waals surface area (Å²) in [7, 11) is 0. The second kappa shape index (κ2) is 3.63. The highest BCUT2D eigenvalue weighted by Crippen LogP contribution is 2.51. The second-order valence-electron chi connectivity index (χ2n) is 5.65. The first kappa shape index (κ1) is 10.4. The first-order valence-corrected chi connectivity index (χ1v) is 6.90. The molecule has 0 unspecified atom stereocenters. The standard InChI is InChI=1S/C12H20FNS/c13-10-6-12(8-15)5-9-3-1-2-4-11(9)14(12)7-10/h9-11,15H,1-8H2/t9-,10+,11-,12-/m1/s1. The fourth-order valence-electron chi connectivity index (χ4n) is 4.23. The summed E-state index contributed by atoms with van der Waals surface area (Å²) in [5.41, 5.74) is 0.127. The van der Waals surface area contributed by atoms with Crippen molar-refractivity contribution in [3.05, 3.63) is 0 Å². The number of halogens is 1. The van der Waals surface area contributed by atoms with E-state index in [1.165, 1.54) is 32.1 Å². The molecule has 1 nitrogen and oxygen atoms in total. The van der Waals surface area contributed by atoms with E-state index in [4.69, 9.17) is 0 Å². The molecule has 0 N–H and O–H groups in total. The number of hydrogen-bond donors (Lipinski definition) is 1. The summed E-state index contributed by atoms with van der Waals surface area (Å²) in [6, 6.07) is 0.687. The maximum atomic E-state index is 13.6. The van der Waals surface area contributed by atoms with Gasteiger partial charge in [-0.05, 0) is 31.6 Å². The maximum absolute atomic E-state index is 13.6. The summed E-state index contributed by atoms with van der Waals surface area (Å²) in [6.45, 7) is 0.682. The average Bonchev–Trinajstić information content (AvgIpc) is 2.70. The summed E-state index contributed by atoms with van der Waals surface area (Å²) in [6.07, 6.45) is 6.75. The van der Waals surface area contributed by atoms with Crippen LogP contribution in [0.1, 0.15) is 38.5 Å². The Labute approximate surface area is 96.8 Å². The van der Waals surface area contributed by atoms with Gasteiger partial charge in [0.2, 0.25) is 0 Å². The third kappa shape index (κ3) is 1.46. The van der Waals surface area contributed by atoms with Gasteiger partial charge in [0.25, 0.3) is 0 Å². The van der Waals surface area contributed by atoms with E-state index in [0.29, 0.717) is 12.6 Å². The van der Waals surface area contributed by atoms with Gasteiger partial charge in [0.05, 0.1) is 0 Å². The van der Waals surface area contributed by atoms with E-state index in [9.17, 15) is 4.39 Å². The highest BCUT2D eigenvalue weighted by atomic mass is 32.1. The minimum Gasteiger partial charge on any atom is -0.291 e. The number of alkyl halides is 1. The van der Waals surface area contributed by atoms with Crippen LogP contribution in [0, 0.1) is 5.92 Å². The van der Waals surface area contributed by atoms with Crippen molar-refractivity contribution in [2.45, 2.75) is 56.3 Å². The lowest BCUT2D eigenvalue weighted by Crippen LogP contribution is -2.44. The van der Waals surface area contributed by atoms with Crippen molar-refractivity contribution in [2.75, 3.05) is 12.3 Å². The molecule has 0 aromatic carbocycles. The molecule has 0 aromatic rings. The van der Waals surface area contributed by atoms with Gasteiger partial charge < -0.3 is 0 Å². The van der Waals surface area contributed by atoms with Gasteiger partial charge in [-0.1, -0.05) is 12.8 Å². The van der Waals surface area contributed by atoms with E-state index in [1.807, 2.05) is 0 Å². The molecule has 0 bridgehead atoms. The normalized spacial score (nSPS) is 50.4. The van der Waals surface area contributed by atoms with E-state index in [1.54, 1.807) is 0 Å². The molecule has 0 amide bonds. The van der Waals surface area contributed by atoms with Crippen LogP contribution in [0.15, 0.2) is 0 Å². The van der Waals surface area contributed by atoms with E-state index >= 15 is 0 Å². The Morgan fingerprint density at radius 3 is 2.87 bits per heavy atom. The molecule has 1 aliphatic carbocycles. The van der Waals surface area contributed by atoms with Crippen molar-refractivity contribution in [1.82, 2.24) is 4.90 Å². The predicted molar refractivity (Wildman–Crippen MR) is 63.2 cm³/mol. The fourth-order valence-corrected chi connectivity index (χ4v) is 4.67. The third-order valence-corrected chi connectivity index (χ3v) is 5.40. The summed E-state index contributed by atoms with van der Waals surface area (Å²) < 4.78 is 13.6. The van der Waals surface area contributed by atoms with E-state index in [-0.39, 0.29) is 5.54 Å². The lowest BCUT2D eigenvalue weighted by molar-refractivity contribution is 0.139. The molecule has 3 aliphatic rings. The summed E-state index contributed by atoms with van der Waals surface area (Å²) in [4.78, 5) is 2.48. The van der Waals surface area contributed by atoms with Crippen LogP contribution in [0.4, 0.5) is 4.39 Å². The largest absolute Gasteiger partial charge is 0.291 e. The minimum absolute atomic E-state index is 0.127. The summed E-state index contributed by atoms with van der Waals surface area (Å²) >= 11 is 4.49. The Bertz CT molecular complexity index is 260. The van der Waals surface area contributed by atoms with E-state index < -0.39 is 6.17 Å². The zero-order valence-corrected chi connectivity index (χ0v) is 10.1. The van der Waals surface area contributed by atoms with Gasteiger partial charge in [0.15, 0.2) is 0 Å². The SMILES string of the molecule is F[C@@H]1CN2[C@@H]3CCCC[C@@H]3C[C@]2(CS)C1. The molecule has 2 saturated heterocycles. The number of hydrogen-bond acceptors (Lipinski definition) is 2. The van der Waals surface area contributed by atoms with Crippen LogP contribution in [0.3, 0.4) is 0 Å². The Morgan fingerprint density at radius 1 is 1.27 bits per heavy atom. The van der Waals surface area contributed by atoms with Gasteiger partial charge in [-0.2, -0.15) is 12.6 Å². The highest BCUT2D eigenvalue weighted by Gasteiger charge is 2.55. The Hall–Kier alpha value is 0.240. The molecule has 3 fully saturated rings. The van der Waals surface area contributed by atoms with Crippen LogP contribution in [-0.4, -0.2) is 34.9 Å². The van der Waals surface area contributed by atoms with Crippen LogP contribution >= 0.6 is 12.6 Å². The Kier molecular flexibility index (Phi) is 2.51. The van der Waals surface area contributed by atoms with Gasteiger partial charge in [-0.25, -0.2) is 4.39 Å².